The summed E-state index contributed by atoms with van der Waals surface area (Å²) in [6.07, 6.45) is 1.74. The largest absolute Gasteiger partial charge is 0.364 e. The lowest BCUT2D eigenvalue weighted by Crippen LogP contribution is -2.31. The molecule has 7 nitrogen and oxygen atoms in total. The summed E-state index contributed by atoms with van der Waals surface area (Å²) in [5.74, 6) is 0.0974. The van der Waals surface area contributed by atoms with E-state index in [0.717, 1.165) is 0 Å². The first-order chi connectivity index (χ1) is 8.91. The lowest BCUT2D eigenvalue weighted by atomic mass is 10.2. The van der Waals surface area contributed by atoms with Crippen molar-refractivity contribution in [1.29, 1.82) is 0 Å². The van der Waals surface area contributed by atoms with Gasteiger partial charge in [0.05, 0.1) is 4.92 Å². The normalized spacial score (nSPS) is 10.3. The lowest BCUT2D eigenvalue weighted by molar-refractivity contribution is -0.384. The first-order valence-electron chi connectivity index (χ1n) is 6.05. The van der Waals surface area contributed by atoms with Crippen LogP contribution in [0.15, 0.2) is 12.3 Å². The molecule has 104 valence electrons. The van der Waals surface area contributed by atoms with Crippen molar-refractivity contribution < 1.29 is 9.72 Å². The van der Waals surface area contributed by atoms with Crippen LogP contribution in [0.4, 0.5) is 11.5 Å². The van der Waals surface area contributed by atoms with Gasteiger partial charge in [-0.3, -0.25) is 14.9 Å². The highest BCUT2D eigenvalue weighted by Crippen LogP contribution is 2.25. The van der Waals surface area contributed by atoms with E-state index in [4.69, 9.17) is 0 Å². The molecule has 0 unspecified atom stereocenters. The number of hydrogen-bond donors (Lipinski definition) is 2. The minimum Gasteiger partial charge on any atom is -0.364 e. The van der Waals surface area contributed by atoms with Crippen LogP contribution in [-0.2, 0) is 4.79 Å². The van der Waals surface area contributed by atoms with Crippen LogP contribution in [-0.4, -0.2) is 28.4 Å². The van der Waals surface area contributed by atoms with Crippen LogP contribution in [0.25, 0.3) is 0 Å². The third-order valence-corrected chi connectivity index (χ3v) is 2.40. The van der Waals surface area contributed by atoms with E-state index in [1.54, 1.807) is 13.0 Å². The molecule has 7 heteroatoms. The zero-order chi connectivity index (χ0) is 14.4. The van der Waals surface area contributed by atoms with Crippen LogP contribution in [0.3, 0.4) is 0 Å². The van der Waals surface area contributed by atoms with E-state index in [0.29, 0.717) is 12.1 Å². The van der Waals surface area contributed by atoms with Crippen LogP contribution in [0, 0.1) is 17.0 Å². The van der Waals surface area contributed by atoms with Crippen LogP contribution >= 0.6 is 0 Å². The Morgan fingerprint density at radius 1 is 1.53 bits per heavy atom. The third-order valence-electron chi connectivity index (χ3n) is 2.40. The summed E-state index contributed by atoms with van der Waals surface area (Å²) in [4.78, 5) is 25.8. The summed E-state index contributed by atoms with van der Waals surface area (Å²) in [5.41, 5.74) is 0.487. The van der Waals surface area contributed by atoms with E-state index in [2.05, 4.69) is 15.6 Å². The van der Waals surface area contributed by atoms with E-state index >= 15 is 0 Å². The van der Waals surface area contributed by atoms with Crippen molar-refractivity contribution in [1.82, 2.24) is 10.3 Å². The fourth-order valence-electron chi connectivity index (χ4n) is 1.60. The second-order valence-electron chi connectivity index (χ2n) is 4.48. The molecule has 1 rings (SSSR count). The molecule has 0 aliphatic rings. The molecule has 0 radical (unpaired) electrons. The summed E-state index contributed by atoms with van der Waals surface area (Å²) >= 11 is 0. The van der Waals surface area contributed by atoms with Gasteiger partial charge in [-0.2, -0.15) is 0 Å². The number of aryl methyl sites for hydroxylation is 1. The molecule has 0 bridgehead atoms. The highest BCUT2D eigenvalue weighted by molar-refractivity contribution is 5.76. The average molecular weight is 266 g/mol. The van der Waals surface area contributed by atoms with Crippen LogP contribution in [0.5, 0.6) is 0 Å². The molecule has 0 fully saturated rings. The molecule has 0 saturated heterocycles. The molecule has 0 spiro atoms. The molecule has 19 heavy (non-hydrogen) atoms. The fourth-order valence-corrected chi connectivity index (χ4v) is 1.60. The minimum absolute atomic E-state index is 0.0493. The fraction of sp³-hybridized carbons (Fsp3) is 0.500. The molecule has 0 aliphatic heterocycles. The molecule has 0 saturated carbocycles. The Morgan fingerprint density at radius 2 is 2.21 bits per heavy atom. The smallest absolute Gasteiger partial charge is 0.314 e. The topological polar surface area (TPSA) is 97.2 Å². The first kappa shape index (κ1) is 14.9. The highest BCUT2D eigenvalue weighted by atomic mass is 16.6. The Bertz CT molecular complexity index is 474. The van der Waals surface area contributed by atoms with E-state index in [1.165, 1.54) is 6.20 Å². The number of nitrogens with zero attached hydrogens (tertiary/aromatic N) is 2. The van der Waals surface area contributed by atoms with E-state index in [9.17, 15) is 14.9 Å². The molecule has 0 atom stereocenters. The Balaban J connectivity index is 2.61. The molecule has 2 N–H and O–H groups in total. The van der Waals surface area contributed by atoms with Gasteiger partial charge in [0, 0.05) is 30.8 Å². The third kappa shape index (κ3) is 4.53. The number of anilines is 1. The number of carbonyl (C=O) groups is 1. The number of aromatic nitrogens is 1. The van der Waals surface area contributed by atoms with E-state index in [-0.39, 0.29) is 29.9 Å². The number of nitrogens with one attached hydrogen (secondary N) is 2. The first-order valence-corrected chi connectivity index (χ1v) is 6.05. The van der Waals surface area contributed by atoms with Gasteiger partial charge in [0.25, 0.3) is 0 Å². The Kier molecular flexibility index (Phi) is 5.23. The molecular formula is C12H18N4O3. The van der Waals surface area contributed by atoms with Gasteiger partial charge in [0.1, 0.15) is 0 Å². The van der Waals surface area contributed by atoms with Gasteiger partial charge >= 0.3 is 5.69 Å². The van der Waals surface area contributed by atoms with Gasteiger partial charge in [-0.15, -0.1) is 0 Å². The summed E-state index contributed by atoms with van der Waals surface area (Å²) in [5, 5.41) is 16.5. The predicted molar refractivity (Wildman–Crippen MR) is 72.0 cm³/mol. The molecular weight excluding hydrogens is 248 g/mol. The summed E-state index contributed by atoms with van der Waals surface area (Å²) in [7, 11) is 0. The number of hydrogen-bond acceptors (Lipinski definition) is 5. The minimum atomic E-state index is -0.473. The maximum absolute atomic E-state index is 11.4. The summed E-state index contributed by atoms with van der Waals surface area (Å²) in [6, 6.07) is 1.66. The standard InChI is InChI=1S/C12H18N4O3/c1-8(2)15-10(17)5-7-14-12-11(16(18)19)9(3)4-6-13-12/h4,6,8H,5,7H2,1-3H3,(H,13,14)(H,15,17). The Morgan fingerprint density at radius 3 is 2.79 bits per heavy atom. The van der Waals surface area contributed by atoms with Gasteiger partial charge in [0.15, 0.2) is 0 Å². The van der Waals surface area contributed by atoms with Crippen molar-refractivity contribution in [3.05, 3.63) is 27.9 Å². The van der Waals surface area contributed by atoms with Crippen LogP contribution < -0.4 is 10.6 Å². The number of rotatable bonds is 6. The number of amides is 1. The molecule has 0 aliphatic carbocycles. The second kappa shape index (κ2) is 6.67. The maximum atomic E-state index is 11.4. The average Bonchev–Trinajstić information content (AvgIpc) is 2.27. The Labute approximate surface area is 111 Å². The van der Waals surface area contributed by atoms with Crippen molar-refractivity contribution in [2.45, 2.75) is 33.2 Å². The molecule has 1 aromatic rings. The number of carbonyl (C=O) groups excluding carboxylic acids is 1. The zero-order valence-electron chi connectivity index (χ0n) is 11.3. The van der Waals surface area contributed by atoms with Crippen LogP contribution in [0.2, 0.25) is 0 Å². The van der Waals surface area contributed by atoms with Crippen molar-refractivity contribution in [3.63, 3.8) is 0 Å². The van der Waals surface area contributed by atoms with Crippen LogP contribution in [0.1, 0.15) is 25.8 Å². The van der Waals surface area contributed by atoms with Crippen molar-refractivity contribution in [2.75, 3.05) is 11.9 Å². The number of pyridine rings is 1. The highest BCUT2D eigenvalue weighted by Gasteiger charge is 2.18. The van der Waals surface area contributed by atoms with E-state index in [1.807, 2.05) is 13.8 Å². The van der Waals surface area contributed by atoms with Crippen molar-refractivity contribution in [3.8, 4) is 0 Å². The van der Waals surface area contributed by atoms with Gasteiger partial charge in [-0.05, 0) is 26.8 Å². The summed E-state index contributed by atoms with van der Waals surface area (Å²) in [6.45, 7) is 5.70. The SMILES string of the molecule is Cc1ccnc(NCCC(=O)NC(C)C)c1[N+](=O)[O-]. The Hall–Kier alpha value is -2.18. The lowest BCUT2D eigenvalue weighted by Gasteiger charge is -2.09. The van der Waals surface area contributed by atoms with Gasteiger partial charge in [0.2, 0.25) is 11.7 Å². The zero-order valence-corrected chi connectivity index (χ0v) is 11.3. The summed E-state index contributed by atoms with van der Waals surface area (Å²) < 4.78 is 0. The van der Waals surface area contributed by atoms with Gasteiger partial charge in [-0.1, -0.05) is 0 Å². The molecule has 1 heterocycles. The number of nitro groups is 1. The molecule has 0 aromatic carbocycles. The maximum Gasteiger partial charge on any atom is 0.314 e. The second-order valence-corrected chi connectivity index (χ2v) is 4.48. The molecule has 1 amide bonds. The van der Waals surface area contributed by atoms with E-state index < -0.39 is 4.92 Å². The quantitative estimate of drug-likeness (QED) is 0.602. The monoisotopic (exact) mass is 266 g/mol. The molecule has 1 aromatic heterocycles. The van der Waals surface area contributed by atoms with Crippen molar-refractivity contribution >= 4 is 17.4 Å². The predicted octanol–water partition coefficient (Wildman–Crippen LogP) is 1.62. The van der Waals surface area contributed by atoms with Gasteiger partial charge < -0.3 is 10.6 Å². The van der Waals surface area contributed by atoms with Crippen molar-refractivity contribution in [2.24, 2.45) is 0 Å². The van der Waals surface area contributed by atoms with Gasteiger partial charge in [-0.25, -0.2) is 4.98 Å².